The number of hydrogen-bond donors (Lipinski definition) is 0. The zero-order valence-corrected chi connectivity index (χ0v) is 12.1. The molecule has 0 saturated carbocycles. The largest absolute Gasteiger partial charge is 0.497 e. The third-order valence-electron chi connectivity index (χ3n) is 2.60. The van der Waals surface area contributed by atoms with Crippen LogP contribution >= 0.6 is 0 Å². The van der Waals surface area contributed by atoms with Crippen molar-refractivity contribution in [1.29, 1.82) is 0 Å². The van der Waals surface area contributed by atoms with Gasteiger partial charge in [0.15, 0.2) is 0 Å². The van der Waals surface area contributed by atoms with Crippen LogP contribution in [0, 0.1) is 6.92 Å². The molecule has 0 aromatic heterocycles. The highest BCUT2D eigenvalue weighted by Gasteiger charge is 2.04. The van der Waals surface area contributed by atoms with E-state index in [1.807, 2.05) is 69.3 Å². The molecule has 1 aromatic carbocycles. The molecular formula is C17H22O2. The van der Waals surface area contributed by atoms with Crippen molar-refractivity contribution in [2.45, 2.75) is 27.2 Å². The number of benzene rings is 1. The molecule has 2 rings (SSSR count). The van der Waals surface area contributed by atoms with Gasteiger partial charge in [-0.3, -0.25) is 0 Å². The van der Waals surface area contributed by atoms with Crippen molar-refractivity contribution in [2.24, 2.45) is 0 Å². The first-order valence-electron chi connectivity index (χ1n) is 6.64. The van der Waals surface area contributed by atoms with Gasteiger partial charge in [-0.25, -0.2) is 0 Å². The average Bonchev–Trinajstić information content (AvgIpc) is 2.69. The van der Waals surface area contributed by atoms with Gasteiger partial charge in [-0.15, -0.1) is 0 Å². The fourth-order valence-electron chi connectivity index (χ4n) is 1.61. The Hall–Kier alpha value is -1.96. The molecule has 0 amide bonds. The molecule has 2 nitrogen and oxygen atoms in total. The van der Waals surface area contributed by atoms with Gasteiger partial charge >= 0.3 is 0 Å². The second-order valence-electron chi connectivity index (χ2n) is 3.88. The van der Waals surface area contributed by atoms with Crippen LogP contribution in [0.25, 0.3) is 0 Å². The lowest BCUT2D eigenvalue weighted by molar-refractivity contribution is 0.307. The maximum atomic E-state index is 5.87. The lowest BCUT2D eigenvalue weighted by Crippen LogP contribution is -1.95. The van der Waals surface area contributed by atoms with E-state index < -0.39 is 0 Å². The van der Waals surface area contributed by atoms with Crippen LogP contribution < -0.4 is 4.74 Å². The van der Waals surface area contributed by atoms with Crippen LogP contribution in [0.4, 0.5) is 0 Å². The smallest absolute Gasteiger partial charge is 0.129 e. The molecule has 0 saturated heterocycles. The third kappa shape index (κ3) is 4.66. The Morgan fingerprint density at radius 2 is 1.79 bits per heavy atom. The molecule has 0 bridgehead atoms. The van der Waals surface area contributed by atoms with Gasteiger partial charge in [-0.1, -0.05) is 38.1 Å². The van der Waals surface area contributed by atoms with Crippen LogP contribution in [-0.2, 0) is 4.74 Å². The normalized spacial score (nSPS) is 13.5. The van der Waals surface area contributed by atoms with E-state index in [0.29, 0.717) is 0 Å². The maximum absolute atomic E-state index is 5.87. The Balaban J connectivity index is 0.000000861. The highest BCUT2D eigenvalue weighted by molar-refractivity contribution is 5.35. The summed E-state index contributed by atoms with van der Waals surface area (Å²) in [6.07, 6.45) is 8.62. The fourth-order valence-corrected chi connectivity index (χ4v) is 1.61. The molecule has 1 aromatic rings. The number of allylic oxidation sites excluding steroid dienone is 4. The van der Waals surface area contributed by atoms with Gasteiger partial charge in [0.1, 0.15) is 17.3 Å². The highest BCUT2D eigenvalue weighted by atomic mass is 16.5. The molecule has 19 heavy (non-hydrogen) atoms. The summed E-state index contributed by atoms with van der Waals surface area (Å²) in [7, 11) is 1.66. The number of rotatable bonds is 3. The molecule has 0 atom stereocenters. The van der Waals surface area contributed by atoms with Crippen molar-refractivity contribution in [1.82, 2.24) is 0 Å². The monoisotopic (exact) mass is 258 g/mol. The molecule has 0 spiro atoms. The topological polar surface area (TPSA) is 18.5 Å². The lowest BCUT2D eigenvalue weighted by Gasteiger charge is -2.09. The van der Waals surface area contributed by atoms with E-state index >= 15 is 0 Å². The fraction of sp³-hybridized carbons (Fsp3) is 0.294. The maximum Gasteiger partial charge on any atom is 0.129 e. The Kier molecular flexibility index (Phi) is 6.51. The van der Waals surface area contributed by atoms with Gasteiger partial charge in [-0.2, -0.15) is 0 Å². The molecule has 0 unspecified atom stereocenters. The number of methoxy groups -OCH3 is 1. The van der Waals surface area contributed by atoms with Crippen molar-refractivity contribution in [3.63, 3.8) is 0 Å². The van der Waals surface area contributed by atoms with E-state index in [1.165, 1.54) is 0 Å². The van der Waals surface area contributed by atoms with Crippen LogP contribution in [0.5, 0.6) is 5.75 Å². The minimum Gasteiger partial charge on any atom is -0.497 e. The second kappa shape index (κ2) is 8.20. The molecule has 1 aliphatic rings. The van der Waals surface area contributed by atoms with Crippen molar-refractivity contribution in [2.75, 3.05) is 7.11 Å². The molecule has 0 N–H and O–H groups in total. The summed E-state index contributed by atoms with van der Waals surface area (Å²) in [6.45, 7) is 6.04. The highest BCUT2D eigenvalue weighted by Crippen LogP contribution is 2.21. The van der Waals surface area contributed by atoms with Crippen molar-refractivity contribution >= 4 is 0 Å². The van der Waals surface area contributed by atoms with Gasteiger partial charge in [-0.05, 0) is 36.8 Å². The van der Waals surface area contributed by atoms with Crippen molar-refractivity contribution in [3.05, 3.63) is 65.7 Å². The third-order valence-corrected chi connectivity index (χ3v) is 2.60. The molecule has 0 heterocycles. The van der Waals surface area contributed by atoms with Crippen LogP contribution in [0.2, 0.25) is 0 Å². The van der Waals surface area contributed by atoms with Crippen LogP contribution in [0.15, 0.2) is 60.1 Å². The van der Waals surface area contributed by atoms with Crippen LogP contribution in [0.1, 0.15) is 25.8 Å². The first-order chi connectivity index (χ1) is 9.29. The Bertz CT molecular complexity index is 482. The molecule has 1 aliphatic carbocycles. The van der Waals surface area contributed by atoms with E-state index in [1.54, 1.807) is 7.11 Å². The Morgan fingerprint density at radius 3 is 2.47 bits per heavy atom. The summed E-state index contributed by atoms with van der Waals surface area (Å²) >= 11 is 0. The standard InChI is InChI=1S/C15H16O2.C2H6/c1-12-6-3-4-9-15(12)17-14-8-5-7-13(16-2)10-11-14;1-2/h3-7,9-11H,8H2,1-2H3;1-2H3. The van der Waals surface area contributed by atoms with Crippen molar-refractivity contribution in [3.8, 4) is 5.75 Å². The SMILES string of the molecule is CC.COC1=CC=C(Oc2ccccc2C)CC=C1. The molecule has 2 heteroatoms. The first kappa shape index (κ1) is 15.1. The van der Waals surface area contributed by atoms with Gasteiger partial charge in [0.05, 0.1) is 7.11 Å². The zero-order chi connectivity index (χ0) is 14.1. The molecule has 0 fully saturated rings. The summed E-state index contributed by atoms with van der Waals surface area (Å²) in [4.78, 5) is 0. The van der Waals surface area contributed by atoms with Gasteiger partial charge < -0.3 is 9.47 Å². The molecule has 0 radical (unpaired) electrons. The second-order valence-corrected chi connectivity index (χ2v) is 3.88. The van der Waals surface area contributed by atoms with Crippen LogP contribution in [-0.4, -0.2) is 7.11 Å². The quantitative estimate of drug-likeness (QED) is 0.777. The predicted molar refractivity (Wildman–Crippen MR) is 80.1 cm³/mol. The first-order valence-corrected chi connectivity index (χ1v) is 6.64. The Morgan fingerprint density at radius 1 is 1.05 bits per heavy atom. The van der Waals surface area contributed by atoms with Gasteiger partial charge in [0.25, 0.3) is 0 Å². The van der Waals surface area contributed by atoms with E-state index in [9.17, 15) is 0 Å². The lowest BCUT2D eigenvalue weighted by atomic mass is 10.2. The number of ether oxygens (including phenoxy) is 2. The predicted octanol–water partition coefficient (Wildman–Crippen LogP) is 4.77. The summed E-state index contributed by atoms with van der Waals surface area (Å²) in [5.41, 5.74) is 1.14. The minimum atomic E-state index is 0.775. The van der Waals surface area contributed by atoms with E-state index in [0.717, 1.165) is 29.3 Å². The van der Waals surface area contributed by atoms with Crippen LogP contribution in [0.3, 0.4) is 0 Å². The minimum absolute atomic E-state index is 0.775. The Labute approximate surface area is 116 Å². The molecular weight excluding hydrogens is 236 g/mol. The van der Waals surface area contributed by atoms with Gasteiger partial charge in [0, 0.05) is 6.42 Å². The molecule has 102 valence electrons. The number of para-hydroxylation sites is 1. The summed E-state index contributed by atoms with van der Waals surface area (Å²) in [6, 6.07) is 8.00. The van der Waals surface area contributed by atoms with E-state index in [-0.39, 0.29) is 0 Å². The average molecular weight is 258 g/mol. The summed E-state index contributed by atoms with van der Waals surface area (Å²) < 4.78 is 11.0. The van der Waals surface area contributed by atoms with Gasteiger partial charge in [0.2, 0.25) is 0 Å². The summed E-state index contributed by atoms with van der Waals surface area (Å²) in [5.74, 6) is 2.66. The van der Waals surface area contributed by atoms with Crippen molar-refractivity contribution < 1.29 is 9.47 Å². The number of aryl methyl sites for hydroxylation is 1. The number of hydrogen-bond acceptors (Lipinski definition) is 2. The molecule has 0 aliphatic heterocycles. The van der Waals surface area contributed by atoms with E-state index in [4.69, 9.17) is 9.47 Å². The van der Waals surface area contributed by atoms with E-state index in [2.05, 4.69) is 0 Å². The zero-order valence-electron chi connectivity index (χ0n) is 12.1. The summed E-state index contributed by atoms with van der Waals surface area (Å²) in [5, 5.41) is 0.